The fourth-order valence-electron chi connectivity index (χ4n) is 2.85. The molecule has 0 aliphatic carbocycles. The summed E-state index contributed by atoms with van der Waals surface area (Å²) in [4.78, 5) is 4.69. The minimum Gasteiger partial charge on any atom is -0.240 e. The Kier molecular flexibility index (Phi) is 2.68. The van der Waals surface area contributed by atoms with Crippen molar-refractivity contribution in [2.24, 2.45) is 0 Å². The molecule has 0 bridgehead atoms. The first-order valence-electron chi connectivity index (χ1n) is 7.09. The van der Waals surface area contributed by atoms with Gasteiger partial charge in [0.15, 0.2) is 6.20 Å². The van der Waals surface area contributed by atoms with E-state index >= 15 is 0 Å². The van der Waals surface area contributed by atoms with Crippen LogP contribution < -0.4 is 4.57 Å². The molecule has 0 fully saturated rings. The molecule has 4 rings (SSSR count). The van der Waals surface area contributed by atoms with Crippen LogP contribution >= 0.6 is 0 Å². The van der Waals surface area contributed by atoms with Gasteiger partial charge in [0, 0.05) is 12.1 Å². The molecular weight excluding hydrogens is 256 g/mol. The third kappa shape index (κ3) is 1.96. The molecule has 0 radical (unpaired) electrons. The van der Waals surface area contributed by atoms with Gasteiger partial charge in [0.25, 0.3) is 0 Å². The van der Waals surface area contributed by atoms with Crippen LogP contribution in [0.2, 0.25) is 0 Å². The van der Waals surface area contributed by atoms with Crippen LogP contribution in [0.1, 0.15) is 5.69 Å². The first kappa shape index (κ1) is 12.0. The van der Waals surface area contributed by atoms with Crippen molar-refractivity contribution >= 4 is 21.8 Å². The smallest absolute Gasteiger partial charge is 0.240 e. The van der Waals surface area contributed by atoms with E-state index in [0.717, 1.165) is 22.4 Å². The fraction of sp³-hybridized carbons (Fsp3) is 0.0526. The van der Waals surface area contributed by atoms with Gasteiger partial charge < -0.3 is 0 Å². The van der Waals surface area contributed by atoms with Crippen LogP contribution in [0.4, 0.5) is 0 Å². The highest BCUT2D eigenvalue weighted by molar-refractivity contribution is 6.02. The molecule has 0 N–H and O–H groups in total. The van der Waals surface area contributed by atoms with Gasteiger partial charge in [0.1, 0.15) is 11.2 Å². The largest absolute Gasteiger partial charge is 0.244 e. The van der Waals surface area contributed by atoms with Crippen LogP contribution in [-0.2, 0) is 0 Å². The first-order chi connectivity index (χ1) is 10.3. The molecule has 0 amide bonds. The lowest BCUT2D eigenvalue weighted by atomic mass is 10.1. The van der Waals surface area contributed by atoms with Crippen molar-refractivity contribution in [3.8, 4) is 5.69 Å². The van der Waals surface area contributed by atoms with Gasteiger partial charge in [0.05, 0.1) is 5.39 Å². The van der Waals surface area contributed by atoms with Gasteiger partial charge in [-0.15, -0.1) is 0 Å². The van der Waals surface area contributed by atoms with Crippen molar-refractivity contribution in [2.45, 2.75) is 6.92 Å². The molecule has 3 aromatic carbocycles. The summed E-state index contributed by atoms with van der Waals surface area (Å²) in [5.74, 6) is 0. The van der Waals surface area contributed by atoms with Gasteiger partial charge in [-0.2, -0.15) is 4.57 Å². The lowest BCUT2D eigenvalue weighted by Gasteiger charge is -2.05. The lowest BCUT2D eigenvalue weighted by molar-refractivity contribution is -0.567. The molecule has 0 saturated heterocycles. The van der Waals surface area contributed by atoms with Crippen LogP contribution in [-0.4, -0.2) is 4.98 Å². The van der Waals surface area contributed by atoms with E-state index in [4.69, 9.17) is 4.98 Å². The van der Waals surface area contributed by atoms with Gasteiger partial charge in [0.2, 0.25) is 11.2 Å². The number of hydrogen-bond acceptors (Lipinski definition) is 1. The van der Waals surface area contributed by atoms with E-state index in [1.807, 2.05) is 13.0 Å². The van der Waals surface area contributed by atoms with Gasteiger partial charge in [-0.1, -0.05) is 42.5 Å². The number of rotatable bonds is 1. The predicted molar refractivity (Wildman–Crippen MR) is 85.5 cm³/mol. The number of nitrogens with zero attached hydrogens (tertiary/aromatic N) is 2. The molecule has 0 aliphatic rings. The van der Waals surface area contributed by atoms with Gasteiger partial charge in [-0.05, 0) is 24.4 Å². The standard InChI is InChI=1S/C19H15N2/c1-14-13-21(16-8-3-2-4-9-16)19-17-10-6-5-7-15(17)11-12-18(19)20-14/h2-13H,1H3/q+1. The predicted octanol–water partition coefficient (Wildman–Crippen LogP) is 3.97. The number of benzene rings is 3. The molecule has 0 aliphatic heterocycles. The van der Waals surface area contributed by atoms with E-state index in [-0.39, 0.29) is 0 Å². The Morgan fingerprint density at radius 2 is 1.57 bits per heavy atom. The molecule has 21 heavy (non-hydrogen) atoms. The van der Waals surface area contributed by atoms with Crippen LogP contribution in [0.25, 0.3) is 27.5 Å². The van der Waals surface area contributed by atoms with Gasteiger partial charge in [-0.25, -0.2) is 4.98 Å². The maximum Gasteiger partial charge on any atom is 0.244 e. The van der Waals surface area contributed by atoms with Gasteiger partial charge in [-0.3, -0.25) is 0 Å². The Balaban J connectivity index is 2.21. The molecule has 0 spiro atoms. The topological polar surface area (TPSA) is 16.8 Å². The Morgan fingerprint density at radius 3 is 2.43 bits per heavy atom. The van der Waals surface area contributed by atoms with E-state index < -0.39 is 0 Å². The first-order valence-corrected chi connectivity index (χ1v) is 7.09. The molecule has 0 atom stereocenters. The maximum atomic E-state index is 4.69. The van der Waals surface area contributed by atoms with Crippen LogP contribution in [0.5, 0.6) is 0 Å². The average Bonchev–Trinajstić information content (AvgIpc) is 2.54. The van der Waals surface area contributed by atoms with E-state index in [1.54, 1.807) is 0 Å². The van der Waals surface area contributed by atoms with Crippen LogP contribution in [0.3, 0.4) is 0 Å². The summed E-state index contributed by atoms with van der Waals surface area (Å²) in [5, 5.41) is 2.46. The highest BCUT2D eigenvalue weighted by atomic mass is 15.0. The maximum absolute atomic E-state index is 4.69. The SMILES string of the molecule is Cc1c[n+](-c2ccccc2)c2c(ccc3ccccc32)n1. The summed E-state index contributed by atoms with van der Waals surface area (Å²) in [7, 11) is 0. The Bertz CT molecular complexity index is 943. The van der Waals surface area contributed by atoms with E-state index in [9.17, 15) is 0 Å². The number of aryl methyl sites for hydroxylation is 1. The summed E-state index contributed by atoms with van der Waals surface area (Å²) in [5.41, 5.74) is 4.36. The van der Waals surface area contributed by atoms with Crippen LogP contribution in [0, 0.1) is 6.92 Å². The number of para-hydroxylation sites is 1. The molecule has 0 saturated carbocycles. The monoisotopic (exact) mass is 271 g/mol. The molecule has 100 valence electrons. The lowest BCUT2D eigenvalue weighted by Crippen LogP contribution is -2.32. The molecule has 2 nitrogen and oxygen atoms in total. The Labute approximate surface area is 123 Å². The highest BCUT2D eigenvalue weighted by Gasteiger charge is 2.16. The zero-order valence-corrected chi connectivity index (χ0v) is 11.8. The minimum absolute atomic E-state index is 1.02. The third-order valence-electron chi connectivity index (χ3n) is 3.77. The minimum atomic E-state index is 1.02. The summed E-state index contributed by atoms with van der Waals surface area (Å²) in [6.45, 7) is 2.04. The number of hydrogen-bond donors (Lipinski definition) is 0. The van der Waals surface area contributed by atoms with Crippen molar-refractivity contribution in [1.29, 1.82) is 0 Å². The number of fused-ring (bicyclic) bond motifs is 3. The fourth-order valence-corrected chi connectivity index (χ4v) is 2.85. The Morgan fingerprint density at radius 1 is 0.810 bits per heavy atom. The van der Waals surface area contributed by atoms with Crippen molar-refractivity contribution in [3.05, 3.63) is 78.6 Å². The van der Waals surface area contributed by atoms with Crippen molar-refractivity contribution < 1.29 is 4.57 Å². The second-order valence-corrected chi connectivity index (χ2v) is 5.24. The average molecular weight is 271 g/mol. The number of aromatic nitrogens is 2. The second kappa shape index (κ2) is 4.67. The quantitative estimate of drug-likeness (QED) is 0.378. The third-order valence-corrected chi connectivity index (χ3v) is 3.77. The molecular formula is C19H15N2+. The molecule has 1 aromatic heterocycles. The van der Waals surface area contributed by atoms with Gasteiger partial charge >= 0.3 is 0 Å². The highest BCUT2D eigenvalue weighted by Crippen LogP contribution is 2.22. The van der Waals surface area contributed by atoms with Crippen LogP contribution in [0.15, 0.2) is 72.9 Å². The van der Waals surface area contributed by atoms with Crippen molar-refractivity contribution in [2.75, 3.05) is 0 Å². The summed E-state index contributed by atoms with van der Waals surface area (Å²) in [6.07, 6.45) is 2.10. The van der Waals surface area contributed by atoms with E-state index in [1.165, 1.54) is 10.8 Å². The summed E-state index contributed by atoms with van der Waals surface area (Å²) >= 11 is 0. The zero-order valence-electron chi connectivity index (χ0n) is 11.8. The molecule has 4 aromatic rings. The normalized spacial score (nSPS) is 11.1. The second-order valence-electron chi connectivity index (χ2n) is 5.24. The van der Waals surface area contributed by atoms with E-state index in [0.29, 0.717) is 0 Å². The van der Waals surface area contributed by atoms with Crippen molar-refractivity contribution in [3.63, 3.8) is 0 Å². The van der Waals surface area contributed by atoms with Crippen molar-refractivity contribution in [1.82, 2.24) is 4.98 Å². The zero-order chi connectivity index (χ0) is 14.2. The molecule has 1 heterocycles. The summed E-state index contributed by atoms with van der Waals surface area (Å²) in [6, 6.07) is 23.1. The molecule has 2 heteroatoms. The Hall–Kier alpha value is -2.74. The van der Waals surface area contributed by atoms with E-state index in [2.05, 4.69) is 71.4 Å². The summed E-state index contributed by atoms with van der Waals surface area (Å²) < 4.78 is 2.24. The molecule has 0 unspecified atom stereocenters.